The molecule has 0 atom stereocenters. The molecule has 4 nitrogen and oxygen atoms in total. The summed E-state index contributed by atoms with van der Waals surface area (Å²) in [6.45, 7) is 3.43. The van der Waals surface area contributed by atoms with Gasteiger partial charge in [-0.1, -0.05) is 12.1 Å². The molecule has 4 heteroatoms. The first kappa shape index (κ1) is 11.7. The van der Waals surface area contributed by atoms with Crippen molar-refractivity contribution in [3.05, 3.63) is 29.8 Å². The van der Waals surface area contributed by atoms with Crippen LogP contribution in [0.4, 0.5) is 5.69 Å². The average Bonchev–Trinajstić information content (AvgIpc) is 2.26. The average molecular weight is 207 g/mol. The molecular weight excluding hydrogens is 190 g/mol. The lowest BCUT2D eigenvalue weighted by Gasteiger charge is -2.02. The Balaban J connectivity index is 2.69. The van der Waals surface area contributed by atoms with Gasteiger partial charge < -0.3 is 16.2 Å². The second kappa shape index (κ2) is 6.16. The van der Waals surface area contributed by atoms with Crippen molar-refractivity contribution in [2.75, 3.05) is 13.2 Å². The van der Waals surface area contributed by atoms with Crippen molar-refractivity contribution in [2.45, 2.75) is 13.5 Å². The highest BCUT2D eigenvalue weighted by molar-refractivity contribution is 5.84. The number of amidine groups is 1. The molecule has 82 valence electrons. The van der Waals surface area contributed by atoms with Gasteiger partial charge >= 0.3 is 0 Å². The minimum atomic E-state index is 0.364. The molecule has 1 aromatic carbocycles. The quantitative estimate of drug-likeness (QED) is 0.562. The summed E-state index contributed by atoms with van der Waals surface area (Å²) in [6.07, 6.45) is 0. The minimum Gasteiger partial charge on any atom is -0.385 e. The van der Waals surface area contributed by atoms with Gasteiger partial charge in [0.05, 0.1) is 5.69 Å². The molecule has 0 heterocycles. The molecule has 0 fully saturated rings. The molecule has 0 aliphatic carbocycles. The third kappa shape index (κ3) is 4.10. The maximum Gasteiger partial charge on any atom is 0.126 e. The van der Waals surface area contributed by atoms with E-state index in [0.29, 0.717) is 25.6 Å². The number of aliphatic imine (C=N–C) groups is 1. The summed E-state index contributed by atoms with van der Waals surface area (Å²) in [6, 6.07) is 7.67. The predicted octanol–water partition coefficient (Wildman–Crippen LogP) is 1.17. The Kier molecular flexibility index (Phi) is 4.80. The molecule has 0 amide bonds. The zero-order chi connectivity index (χ0) is 11.1. The van der Waals surface area contributed by atoms with Crippen molar-refractivity contribution in [3.8, 4) is 0 Å². The second-order valence-electron chi connectivity index (χ2n) is 3.11. The number of ether oxygens (including phenoxy) is 1. The SMILES string of the molecule is CCOCC(N)=Nc1cccc(CN)c1. The van der Waals surface area contributed by atoms with Crippen LogP contribution < -0.4 is 11.5 Å². The molecule has 4 N–H and O–H groups in total. The van der Waals surface area contributed by atoms with E-state index in [-0.39, 0.29) is 0 Å². The summed E-state index contributed by atoms with van der Waals surface area (Å²) in [5.74, 6) is 0.478. The smallest absolute Gasteiger partial charge is 0.126 e. The van der Waals surface area contributed by atoms with Crippen molar-refractivity contribution in [1.82, 2.24) is 0 Å². The van der Waals surface area contributed by atoms with E-state index in [1.807, 2.05) is 31.2 Å². The Hall–Kier alpha value is -1.39. The number of hydrogen-bond acceptors (Lipinski definition) is 3. The third-order valence-electron chi connectivity index (χ3n) is 1.87. The summed E-state index contributed by atoms with van der Waals surface area (Å²) in [5.41, 5.74) is 13.1. The fraction of sp³-hybridized carbons (Fsp3) is 0.364. The Labute approximate surface area is 89.9 Å². The van der Waals surface area contributed by atoms with E-state index in [1.54, 1.807) is 0 Å². The molecule has 0 aliphatic rings. The molecule has 0 aromatic heterocycles. The number of nitrogens with two attached hydrogens (primary N) is 2. The van der Waals surface area contributed by atoms with Crippen LogP contribution in [0.15, 0.2) is 29.3 Å². The Morgan fingerprint density at radius 1 is 1.47 bits per heavy atom. The van der Waals surface area contributed by atoms with Gasteiger partial charge in [-0.15, -0.1) is 0 Å². The lowest BCUT2D eigenvalue weighted by Crippen LogP contribution is -2.18. The molecular formula is C11H17N3O. The molecule has 0 unspecified atom stereocenters. The zero-order valence-corrected chi connectivity index (χ0v) is 8.94. The van der Waals surface area contributed by atoms with Gasteiger partial charge in [0.2, 0.25) is 0 Å². The molecule has 15 heavy (non-hydrogen) atoms. The van der Waals surface area contributed by atoms with Gasteiger partial charge in [-0.3, -0.25) is 0 Å². The van der Waals surface area contributed by atoms with Crippen LogP contribution in [0.2, 0.25) is 0 Å². The Bertz CT molecular complexity index is 336. The van der Waals surface area contributed by atoms with Gasteiger partial charge in [-0.25, -0.2) is 4.99 Å². The maximum absolute atomic E-state index is 5.68. The van der Waals surface area contributed by atoms with Crippen LogP contribution in [0.3, 0.4) is 0 Å². The van der Waals surface area contributed by atoms with Crippen LogP contribution in [-0.4, -0.2) is 19.0 Å². The highest BCUT2D eigenvalue weighted by atomic mass is 16.5. The second-order valence-corrected chi connectivity index (χ2v) is 3.11. The van der Waals surface area contributed by atoms with Crippen molar-refractivity contribution in [2.24, 2.45) is 16.5 Å². The Morgan fingerprint density at radius 2 is 2.27 bits per heavy atom. The zero-order valence-electron chi connectivity index (χ0n) is 8.94. The van der Waals surface area contributed by atoms with Crippen molar-refractivity contribution in [1.29, 1.82) is 0 Å². The summed E-state index contributed by atoms with van der Waals surface area (Å²) >= 11 is 0. The van der Waals surface area contributed by atoms with Gasteiger partial charge in [0, 0.05) is 13.2 Å². The van der Waals surface area contributed by atoms with Gasteiger partial charge in [0.25, 0.3) is 0 Å². The molecule has 0 aliphatic heterocycles. The van der Waals surface area contributed by atoms with Gasteiger partial charge in [-0.05, 0) is 24.6 Å². The largest absolute Gasteiger partial charge is 0.385 e. The van der Waals surface area contributed by atoms with E-state index in [2.05, 4.69) is 4.99 Å². The number of benzene rings is 1. The molecule has 0 saturated heterocycles. The van der Waals surface area contributed by atoms with Crippen LogP contribution in [0.1, 0.15) is 12.5 Å². The van der Waals surface area contributed by atoms with E-state index < -0.39 is 0 Å². The van der Waals surface area contributed by atoms with E-state index in [9.17, 15) is 0 Å². The van der Waals surface area contributed by atoms with E-state index >= 15 is 0 Å². The van der Waals surface area contributed by atoms with Crippen LogP contribution in [0.5, 0.6) is 0 Å². The number of rotatable bonds is 5. The lowest BCUT2D eigenvalue weighted by molar-refractivity contribution is 0.187. The summed E-state index contributed by atoms with van der Waals surface area (Å²) < 4.78 is 5.14. The molecule has 0 bridgehead atoms. The predicted molar refractivity (Wildman–Crippen MR) is 62.1 cm³/mol. The lowest BCUT2D eigenvalue weighted by atomic mass is 10.2. The highest BCUT2D eigenvalue weighted by Gasteiger charge is 1.95. The first-order valence-corrected chi connectivity index (χ1v) is 4.96. The summed E-state index contributed by atoms with van der Waals surface area (Å²) in [7, 11) is 0. The first-order valence-electron chi connectivity index (χ1n) is 4.96. The maximum atomic E-state index is 5.68. The molecule has 1 rings (SSSR count). The van der Waals surface area contributed by atoms with Crippen LogP contribution in [-0.2, 0) is 11.3 Å². The fourth-order valence-electron chi connectivity index (χ4n) is 1.16. The summed E-state index contributed by atoms with van der Waals surface area (Å²) in [4.78, 5) is 4.22. The first-order chi connectivity index (χ1) is 7.26. The van der Waals surface area contributed by atoms with Gasteiger partial charge in [0.1, 0.15) is 12.4 Å². The van der Waals surface area contributed by atoms with E-state index in [0.717, 1.165) is 11.3 Å². The van der Waals surface area contributed by atoms with Crippen molar-refractivity contribution in [3.63, 3.8) is 0 Å². The molecule has 0 spiro atoms. The van der Waals surface area contributed by atoms with E-state index in [1.165, 1.54) is 0 Å². The topological polar surface area (TPSA) is 73.6 Å². The molecule has 1 aromatic rings. The monoisotopic (exact) mass is 207 g/mol. The van der Waals surface area contributed by atoms with Crippen molar-refractivity contribution < 1.29 is 4.74 Å². The van der Waals surface area contributed by atoms with Crippen LogP contribution in [0, 0.1) is 0 Å². The summed E-state index contributed by atoms with van der Waals surface area (Å²) in [5, 5.41) is 0. The fourth-order valence-corrected chi connectivity index (χ4v) is 1.16. The Morgan fingerprint density at radius 3 is 2.93 bits per heavy atom. The number of hydrogen-bond donors (Lipinski definition) is 2. The minimum absolute atomic E-state index is 0.364. The highest BCUT2D eigenvalue weighted by Crippen LogP contribution is 2.13. The van der Waals surface area contributed by atoms with Gasteiger partial charge in [0.15, 0.2) is 0 Å². The number of nitrogens with zero attached hydrogens (tertiary/aromatic N) is 1. The normalized spacial score (nSPS) is 11.7. The molecule has 0 radical (unpaired) electrons. The standard InChI is InChI=1S/C11H17N3O/c1-2-15-8-11(13)14-10-5-3-4-9(6-10)7-12/h3-6H,2,7-8,12H2,1H3,(H2,13,14). The van der Waals surface area contributed by atoms with Gasteiger partial charge in [-0.2, -0.15) is 0 Å². The molecule has 0 saturated carbocycles. The van der Waals surface area contributed by atoms with E-state index in [4.69, 9.17) is 16.2 Å². The van der Waals surface area contributed by atoms with Crippen LogP contribution in [0.25, 0.3) is 0 Å². The third-order valence-corrected chi connectivity index (χ3v) is 1.87. The van der Waals surface area contributed by atoms with Crippen LogP contribution >= 0.6 is 0 Å². The van der Waals surface area contributed by atoms with Crippen molar-refractivity contribution >= 4 is 11.5 Å².